The van der Waals surface area contributed by atoms with E-state index in [1.54, 1.807) is 0 Å². The standard InChI is InChI=1S/C21H26N2/c1-2-5-18-15-19(14-17(18)4-1)16-7-9-21(10-8-16)23-13-11-20-6-3-12-22-20/h1-2,4-5,7-10,19-20,22-23H,3,6,11-15H2. The molecule has 1 aliphatic carbocycles. The Kier molecular flexibility index (Phi) is 4.34. The van der Waals surface area contributed by atoms with E-state index in [-0.39, 0.29) is 0 Å². The predicted octanol–water partition coefficient (Wildman–Crippen LogP) is 4.12. The van der Waals surface area contributed by atoms with Gasteiger partial charge >= 0.3 is 0 Å². The molecule has 1 aliphatic heterocycles. The monoisotopic (exact) mass is 306 g/mol. The van der Waals surface area contributed by atoms with Crippen LogP contribution in [0.3, 0.4) is 0 Å². The maximum Gasteiger partial charge on any atom is 0.0340 e. The first-order valence-electron chi connectivity index (χ1n) is 9.02. The Labute approximate surface area is 139 Å². The van der Waals surface area contributed by atoms with Crippen molar-refractivity contribution in [3.05, 3.63) is 65.2 Å². The summed E-state index contributed by atoms with van der Waals surface area (Å²) in [5.41, 5.74) is 5.79. The zero-order valence-corrected chi connectivity index (χ0v) is 13.7. The molecule has 120 valence electrons. The van der Waals surface area contributed by atoms with E-state index in [1.807, 2.05) is 0 Å². The van der Waals surface area contributed by atoms with E-state index in [0.29, 0.717) is 5.92 Å². The van der Waals surface area contributed by atoms with Gasteiger partial charge in [-0.15, -0.1) is 0 Å². The summed E-state index contributed by atoms with van der Waals surface area (Å²) in [5.74, 6) is 0.657. The fourth-order valence-corrected chi connectivity index (χ4v) is 4.06. The molecule has 1 saturated heterocycles. The molecule has 0 radical (unpaired) electrons. The first-order chi connectivity index (χ1) is 11.4. The molecular weight excluding hydrogens is 280 g/mol. The summed E-state index contributed by atoms with van der Waals surface area (Å²) in [6.45, 7) is 2.26. The SMILES string of the molecule is c1ccc2c(c1)CC(c1ccc(NCCC3CCCN3)cc1)C2. The molecule has 1 atom stereocenters. The van der Waals surface area contributed by atoms with E-state index >= 15 is 0 Å². The minimum atomic E-state index is 0.657. The van der Waals surface area contributed by atoms with Gasteiger partial charge in [0.1, 0.15) is 0 Å². The van der Waals surface area contributed by atoms with Gasteiger partial charge in [-0.25, -0.2) is 0 Å². The Balaban J connectivity index is 1.32. The topological polar surface area (TPSA) is 24.1 Å². The van der Waals surface area contributed by atoms with Crippen molar-refractivity contribution >= 4 is 5.69 Å². The minimum absolute atomic E-state index is 0.657. The number of fused-ring (bicyclic) bond motifs is 1. The minimum Gasteiger partial charge on any atom is -0.385 e. The van der Waals surface area contributed by atoms with Crippen molar-refractivity contribution in [1.29, 1.82) is 0 Å². The fraction of sp³-hybridized carbons (Fsp3) is 0.429. The number of anilines is 1. The van der Waals surface area contributed by atoms with Crippen molar-refractivity contribution in [2.45, 2.75) is 44.1 Å². The van der Waals surface area contributed by atoms with Crippen LogP contribution in [0.1, 0.15) is 41.9 Å². The highest BCUT2D eigenvalue weighted by Gasteiger charge is 2.22. The van der Waals surface area contributed by atoms with E-state index in [4.69, 9.17) is 0 Å². The molecule has 2 aromatic carbocycles. The third-order valence-electron chi connectivity index (χ3n) is 5.42. The molecule has 2 aliphatic rings. The molecule has 0 aromatic heterocycles. The average Bonchev–Trinajstić information content (AvgIpc) is 3.24. The summed E-state index contributed by atoms with van der Waals surface area (Å²) in [4.78, 5) is 0. The summed E-state index contributed by atoms with van der Waals surface area (Å²) in [6.07, 6.45) is 6.28. The van der Waals surface area contributed by atoms with Gasteiger partial charge in [0.05, 0.1) is 0 Å². The van der Waals surface area contributed by atoms with E-state index < -0.39 is 0 Å². The fourth-order valence-electron chi connectivity index (χ4n) is 4.06. The largest absolute Gasteiger partial charge is 0.385 e. The zero-order chi connectivity index (χ0) is 15.5. The molecule has 2 nitrogen and oxygen atoms in total. The maximum atomic E-state index is 3.57. The van der Waals surface area contributed by atoms with Crippen LogP contribution in [0.4, 0.5) is 5.69 Å². The number of nitrogens with one attached hydrogen (secondary N) is 2. The Bertz CT molecular complexity index is 616. The molecular formula is C21H26N2. The van der Waals surface area contributed by atoms with Gasteiger partial charge in [0.25, 0.3) is 0 Å². The molecule has 2 heteroatoms. The second kappa shape index (κ2) is 6.76. The van der Waals surface area contributed by atoms with Crippen molar-refractivity contribution < 1.29 is 0 Å². The number of hydrogen-bond donors (Lipinski definition) is 2. The predicted molar refractivity (Wildman–Crippen MR) is 97.2 cm³/mol. The number of rotatable bonds is 5. The maximum absolute atomic E-state index is 3.57. The Morgan fingerprint density at radius 1 is 0.957 bits per heavy atom. The van der Waals surface area contributed by atoms with Gasteiger partial charge in [-0.3, -0.25) is 0 Å². The molecule has 1 heterocycles. The number of hydrogen-bond acceptors (Lipinski definition) is 2. The Hall–Kier alpha value is -1.80. The van der Waals surface area contributed by atoms with Crippen molar-refractivity contribution in [3.8, 4) is 0 Å². The van der Waals surface area contributed by atoms with Gasteiger partial charge < -0.3 is 10.6 Å². The summed E-state index contributed by atoms with van der Waals surface area (Å²) in [6, 6.07) is 18.7. The zero-order valence-electron chi connectivity index (χ0n) is 13.7. The van der Waals surface area contributed by atoms with Crippen LogP contribution in [0.25, 0.3) is 0 Å². The highest BCUT2D eigenvalue weighted by atomic mass is 14.9. The van der Waals surface area contributed by atoms with E-state index in [1.165, 1.54) is 61.0 Å². The summed E-state index contributed by atoms with van der Waals surface area (Å²) in [7, 11) is 0. The van der Waals surface area contributed by atoms with Crippen molar-refractivity contribution in [3.63, 3.8) is 0 Å². The van der Waals surface area contributed by atoms with Crippen molar-refractivity contribution in [2.75, 3.05) is 18.4 Å². The lowest BCUT2D eigenvalue weighted by molar-refractivity contribution is 0.574. The van der Waals surface area contributed by atoms with Gasteiger partial charge in [0.2, 0.25) is 0 Å². The molecule has 0 bridgehead atoms. The quantitative estimate of drug-likeness (QED) is 0.868. The summed E-state index contributed by atoms with van der Waals surface area (Å²) >= 11 is 0. The lowest BCUT2D eigenvalue weighted by atomic mass is 9.96. The molecule has 4 rings (SSSR count). The summed E-state index contributed by atoms with van der Waals surface area (Å²) in [5, 5.41) is 7.12. The van der Waals surface area contributed by atoms with E-state index in [0.717, 1.165) is 12.6 Å². The van der Waals surface area contributed by atoms with Crippen LogP contribution >= 0.6 is 0 Å². The smallest absolute Gasteiger partial charge is 0.0340 e. The highest BCUT2D eigenvalue weighted by molar-refractivity contribution is 5.46. The van der Waals surface area contributed by atoms with Crippen LogP contribution in [0.15, 0.2) is 48.5 Å². The van der Waals surface area contributed by atoms with Crippen LogP contribution in [-0.4, -0.2) is 19.1 Å². The van der Waals surface area contributed by atoms with Crippen molar-refractivity contribution in [2.24, 2.45) is 0 Å². The van der Waals surface area contributed by atoms with Crippen LogP contribution in [-0.2, 0) is 12.8 Å². The third kappa shape index (κ3) is 3.42. The van der Waals surface area contributed by atoms with Crippen molar-refractivity contribution in [1.82, 2.24) is 5.32 Å². The molecule has 2 aromatic rings. The molecule has 1 unspecified atom stereocenters. The van der Waals surface area contributed by atoms with E-state index in [2.05, 4.69) is 59.2 Å². The molecule has 0 amide bonds. The van der Waals surface area contributed by atoms with Crippen LogP contribution in [0.5, 0.6) is 0 Å². The van der Waals surface area contributed by atoms with E-state index in [9.17, 15) is 0 Å². The number of benzene rings is 2. The molecule has 2 N–H and O–H groups in total. The van der Waals surface area contributed by atoms with Gasteiger partial charge in [-0.2, -0.15) is 0 Å². The molecule has 1 fully saturated rings. The molecule has 0 saturated carbocycles. The van der Waals surface area contributed by atoms with Gasteiger partial charge in [0, 0.05) is 18.3 Å². The lowest BCUT2D eigenvalue weighted by Gasteiger charge is -2.13. The van der Waals surface area contributed by atoms with Gasteiger partial charge in [0.15, 0.2) is 0 Å². The van der Waals surface area contributed by atoms with Gasteiger partial charge in [-0.05, 0) is 73.4 Å². The Morgan fingerprint density at radius 3 is 2.35 bits per heavy atom. The summed E-state index contributed by atoms with van der Waals surface area (Å²) < 4.78 is 0. The molecule has 0 spiro atoms. The Morgan fingerprint density at radius 2 is 1.70 bits per heavy atom. The normalized spacial score (nSPS) is 20.6. The van der Waals surface area contributed by atoms with Crippen LogP contribution in [0, 0.1) is 0 Å². The first kappa shape index (κ1) is 14.8. The van der Waals surface area contributed by atoms with Gasteiger partial charge in [-0.1, -0.05) is 36.4 Å². The van der Waals surface area contributed by atoms with Crippen LogP contribution in [0.2, 0.25) is 0 Å². The second-order valence-corrected chi connectivity index (χ2v) is 7.00. The third-order valence-corrected chi connectivity index (χ3v) is 5.42. The first-order valence-corrected chi connectivity index (χ1v) is 9.02. The lowest BCUT2D eigenvalue weighted by Crippen LogP contribution is -2.24. The van der Waals surface area contributed by atoms with Crippen LogP contribution < -0.4 is 10.6 Å². The highest BCUT2D eigenvalue weighted by Crippen LogP contribution is 2.34. The average molecular weight is 306 g/mol. The molecule has 23 heavy (non-hydrogen) atoms. The second-order valence-electron chi connectivity index (χ2n) is 7.00.